The van der Waals surface area contributed by atoms with Crippen LogP contribution in [-0.4, -0.2) is 35.4 Å². The second-order valence-corrected chi connectivity index (χ2v) is 8.62. The number of carbonyl (C=O) groups is 2. The number of halogens is 1. The lowest BCUT2D eigenvalue weighted by atomic mass is 9.91. The second kappa shape index (κ2) is 9.17. The Morgan fingerprint density at radius 1 is 1.09 bits per heavy atom. The number of Topliss-reactive ketones (excluding diaryl/α,β-unsaturated/α-hetero) is 1. The lowest BCUT2D eigenvalue weighted by molar-refractivity contribution is -0.139. The fourth-order valence-electron chi connectivity index (χ4n) is 4.22. The van der Waals surface area contributed by atoms with Gasteiger partial charge in [-0.25, -0.2) is 0 Å². The number of likely N-dealkylation sites (tertiary alicyclic amines) is 1. The summed E-state index contributed by atoms with van der Waals surface area (Å²) in [6.45, 7) is 2.48. The Bertz CT molecular complexity index is 1230. The smallest absolute Gasteiger partial charge is 0.295 e. The molecule has 1 amide bonds. The molecule has 1 N–H and O–H groups in total. The summed E-state index contributed by atoms with van der Waals surface area (Å²) in [6.07, 6.45) is 1.65. The summed E-state index contributed by atoms with van der Waals surface area (Å²) < 4.78 is 5.91. The highest BCUT2D eigenvalue weighted by Gasteiger charge is 2.46. The van der Waals surface area contributed by atoms with E-state index in [1.165, 1.54) is 0 Å². The van der Waals surface area contributed by atoms with Crippen molar-refractivity contribution in [3.63, 3.8) is 0 Å². The van der Waals surface area contributed by atoms with Crippen LogP contribution in [0.25, 0.3) is 16.5 Å². The molecule has 1 saturated heterocycles. The first-order valence-electron chi connectivity index (χ1n) is 10.6. The van der Waals surface area contributed by atoms with Gasteiger partial charge in [-0.15, -0.1) is 0 Å². The van der Waals surface area contributed by atoms with Crippen LogP contribution in [0.15, 0.2) is 70.7 Å². The third-order valence-corrected chi connectivity index (χ3v) is 6.46. The van der Waals surface area contributed by atoms with Crippen LogP contribution < -0.4 is 4.74 Å². The maximum absolute atomic E-state index is 13.2. The highest BCUT2D eigenvalue weighted by atomic mass is 79.9. The van der Waals surface area contributed by atoms with E-state index >= 15 is 0 Å². The Morgan fingerprint density at radius 3 is 2.56 bits per heavy atom. The van der Waals surface area contributed by atoms with Crippen molar-refractivity contribution in [2.45, 2.75) is 25.8 Å². The number of benzene rings is 3. The Labute approximate surface area is 195 Å². The average Bonchev–Trinajstić information content (AvgIpc) is 3.06. The Balaban J connectivity index is 1.94. The molecule has 0 bridgehead atoms. The van der Waals surface area contributed by atoms with Crippen LogP contribution in [0.5, 0.6) is 5.75 Å². The van der Waals surface area contributed by atoms with E-state index in [2.05, 4.69) is 15.9 Å². The predicted molar refractivity (Wildman–Crippen MR) is 129 cm³/mol. The molecule has 0 aliphatic carbocycles. The number of amides is 1. The van der Waals surface area contributed by atoms with Crippen molar-refractivity contribution in [1.29, 1.82) is 0 Å². The van der Waals surface area contributed by atoms with Crippen molar-refractivity contribution in [2.75, 3.05) is 13.7 Å². The molecular formula is C26H24BrNO4. The monoisotopic (exact) mass is 493 g/mol. The number of hydrogen-bond donors (Lipinski definition) is 1. The van der Waals surface area contributed by atoms with E-state index in [4.69, 9.17) is 4.74 Å². The minimum atomic E-state index is -0.663. The van der Waals surface area contributed by atoms with E-state index in [1.54, 1.807) is 30.2 Å². The molecule has 1 heterocycles. The summed E-state index contributed by atoms with van der Waals surface area (Å²) in [5.41, 5.74) is 1.38. The largest absolute Gasteiger partial charge is 0.507 e. The standard InChI is InChI=1S/C26H24BrNO4/c1-3-4-14-28-23(19-11-7-9-16-8-5-6-10-18(16)19)22(25(30)26(28)31)24(29)17-12-13-21(32-2)20(27)15-17/h5-13,15,23,29H,3-4,14H2,1-2H3/b24-22-. The quantitative estimate of drug-likeness (QED) is 0.266. The SMILES string of the molecule is CCCCN1C(=O)C(=O)/C(=C(\O)c2ccc(OC)c(Br)c2)C1c1cccc2ccccc12. The molecule has 32 heavy (non-hydrogen) atoms. The van der Waals surface area contributed by atoms with Crippen LogP contribution in [0, 0.1) is 0 Å². The molecular weight excluding hydrogens is 470 g/mol. The minimum Gasteiger partial charge on any atom is -0.507 e. The molecule has 1 fully saturated rings. The zero-order valence-corrected chi connectivity index (χ0v) is 19.6. The van der Waals surface area contributed by atoms with Gasteiger partial charge >= 0.3 is 0 Å². The molecule has 4 rings (SSSR count). The summed E-state index contributed by atoms with van der Waals surface area (Å²) in [6, 6.07) is 18.1. The zero-order valence-electron chi connectivity index (χ0n) is 18.0. The number of aliphatic hydroxyl groups excluding tert-OH is 1. The summed E-state index contributed by atoms with van der Waals surface area (Å²) in [4.78, 5) is 27.8. The molecule has 1 atom stereocenters. The maximum Gasteiger partial charge on any atom is 0.295 e. The van der Waals surface area contributed by atoms with Crippen molar-refractivity contribution in [3.05, 3.63) is 81.8 Å². The van der Waals surface area contributed by atoms with Gasteiger partial charge in [-0.1, -0.05) is 55.8 Å². The number of carbonyl (C=O) groups excluding carboxylic acids is 2. The summed E-state index contributed by atoms with van der Waals surface area (Å²) in [7, 11) is 1.55. The molecule has 3 aromatic carbocycles. The summed E-state index contributed by atoms with van der Waals surface area (Å²) >= 11 is 3.43. The van der Waals surface area contributed by atoms with Crippen molar-refractivity contribution < 1.29 is 19.4 Å². The van der Waals surface area contributed by atoms with Gasteiger partial charge in [0, 0.05) is 12.1 Å². The molecule has 1 aliphatic heterocycles. The molecule has 0 spiro atoms. The lowest BCUT2D eigenvalue weighted by Gasteiger charge is -2.26. The van der Waals surface area contributed by atoms with Crippen molar-refractivity contribution >= 4 is 44.2 Å². The van der Waals surface area contributed by atoms with Crippen molar-refractivity contribution in [1.82, 2.24) is 4.90 Å². The van der Waals surface area contributed by atoms with E-state index in [0.29, 0.717) is 22.3 Å². The number of rotatable bonds is 6. The number of ketones is 1. The molecule has 0 radical (unpaired) electrons. The molecule has 164 valence electrons. The van der Waals surface area contributed by atoms with E-state index < -0.39 is 17.7 Å². The van der Waals surface area contributed by atoms with Gasteiger partial charge in [-0.2, -0.15) is 0 Å². The zero-order chi connectivity index (χ0) is 22.8. The minimum absolute atomic E-state index is 0.111. The first-order chi connectivity index (χ1) is 15.5. The number of nitrogens with zero attached hydrogens (tertiary/aromatic N) is 1. The lowest BCUT2D eigenvalue weighted by Crippen LogP contribution is -2.30. The van der Waals surface area contributed by atoms with Gasteiger partial charge in [0.15, 0.2) is 0 Å². The molecule has 0 aromatic heterocycles. The van der Waals surface area contributed by atoms with Gasteiger partial charge in [0.2, 0.25) is 0 Å². The Hall–Kier alpha value is -3.12. The van der Waals surface area contributed by atoms with Gasteiger partial charge in [-0.05, 0) is 56.9 Å². The van der Waals surface area contributed by atoms with E-state index in [9.17, 15) is 14.7 Å². The van der Waals surface area contributed by atoms with Crippen LogP contribution in [0.4, 0.5) is 0 Å². The first kappa shape index (κ1) is 22.1. The molecule has 1 unspecified atom stereocenters. The maximum atomic E-state index is 13.2. The van der Waals surface area contributed by atoms with E-state index in [0.717, 1.165) is 29.2 Å². The number of ether oxygens (including phenoxy) is 1. The fraction of sp³-hybridized carbons (Fsp3) is 0.231. The van der Waals surface area contributed by atoms with E-state index in [1.807, 2.05) is 49.4 Å². The highest BCUT2D eigenvalue weighted by Crippen LogP contribution is 2.42. The topological polar surface area (TPSA) is 66.8 Å². The summed E-state index contributed by atoms with van der Waals surface area (Å²) in [5, 5.41) is 13.2. The third-order valence-electron chi connectivity index (χ3n) is 5.84. The van der Waals surface area contributed by atoms with Crippen LogP contribution in [0.2, 0.25) is 0 Å². The predicted octanol–water partition coefficient (Wildman–Crippen LogP) is 5.83. The van der Waals surface area contributed by atoms with Gasteiger partial charge < -0.3 is 14.7 Å². The molecule has 5 nitrogen and oxygen atoms in total. The number of methoxy groups -OCH3 is 1. The number of fused-ring (bicyclic) bond motifs is 1. The molecule has 1 aliphatic rings. The fourth-order valence-corrected chi connectivity index (χ4v) is 4.76. The average molecular weight is 494 g/mol. The molecule has 3 aromatic rings. The number of unbranched alkanes of at least 4 members (excludes halogenated alkanes) is 1. The Morgan fingerprint density at radius 2 is 1.84 bits per heavy atom. The van der Waals surface area contributed by atoms with Gasteiger partial charge in [0.25, 0.3) is 11.7 Å². The number of hydrogen-bond acceptors (Lipinski definition) is 4. The molecule has 0 saturated carbocycles. The summed E-state index contributed by atoms with van der Waals surface area (Å²) in [5.74, 6) is -0.826. The highest BCUT2D eigenvalue weighted by molar-refractivity contribution is 9.10. The van der Waals surface area contributed by atoms with Crippen LogP contribution in [0.1, 0.15) is 36.9 Å². The molecule has 6 heteroatoms. The van der Waals surface area contributed by atoms with Gasteiger partial charge in [-0.3, -0.25) is 9.59 Å². The second-order valence-electron chi connectivity index (χ2n) is 7.76. The van der Waals surface area contributed by atoms with Gasteiger partial charge in [0.1, 0.15) is 11.5 Å². The van der Waals surface area contributed by atoms with Crippen LogP contribution >= 0.6 is 15.9 Å². The van der Waals surface area contributed by atoms with E-state index in [-0.39, 0.29) is 11.3 Å². The Kier molecular flexibility index (Phi) is 6.33. The van der Waals surface area contributed by atoms with Crippen molar-refractivity contribution in [2.24, 2.45) is 0 Å². The van der Waals surface area contributed by atoms with Crippen molar-refractivity contribution in [3.8, 4) is 5.75 Å². The first-order valence-corrected chi connectivity index (χ1v) is 11.4. The van der Waals surface area contributed by atoms with Gasteiger partial charge in [0.05, 0.1) is 23.2 Å². The van der Waals surface area contributed by atoms with Crippen LogP contribution in [0.3, 0.4) is 0 Å². The normalized spacial score (nSPS) is 17.8. The van der Waals surface area contributed by atoms with Crippen LogP contribution in [-0.2, 0) is 9.59 Å². The third kappa shape index (κ3) is 3.79. The number of aliphatic hydroxyl groups is 1.